The summed E-state index contributed by atoms with van der Waals surface area (Å²) in [5.74, 6) is 0.326. The second kappa shape index (κ2) is 10.1. The first-order valence-corrected chi connectivity index (χ1v) is 8.71. The van der Waals surface area contributed by atoms with E-state index in [1.54, 1.807) is 30.3 Å². The Kier molecular flexibility index (Phi) is 7.57. The van der Waals surface area contributed by atoms with Crippen molar-refractivity contribution in [3.63, 3.8) is 0 Å². The molecule has 0 aromatic heterocycles. The number of aryl methyl sites for hydroxylation is 1. The van der Waals surface area contributed by atoms with E-state index in [1.165, 1.54) is 0 Å². The Balaban J connectivity index is 1.75. The fraction of sp³-hybridized carbons (Fsp3) is 0.211. The van der Waals surface area contributed by atoms with E-state index in [4.69, 9.17) is 21.7 Å². The Morgan fingerprint density at radius 2 is 1.70 bits per heavy atom. The molecule has 8 heteroatoms. The molecule has 0 saturated heterocycles. The summed E-state index contributed by atoms with van der Waals surface area (Å²) in [5.41, 5.74) is 6.24. The second-order valence-electron chi connectivity index (χ2n) is 5.52. The molecule has 2 rings (SSSR count). The van der Waals surface area contributed by atoms with Crippen LogP contribution in [0.3, 0.4) is 0 Å². The van der Waals surface area contributed by atoms with E-state index in [2.05, 4.69) is 16.2 Å². The molecule has 0 bridgehead atoms. The predicted octanol–water partition coefficient (Wildman–Crippen LogP) is 2.11. The Hall–Kier alpha value is -3.13. The van der Waals surface area contributed by atoms with E-state index >= 15 is 0 Å². The molecule has 0 spiro atoms. The van der Waals surface area contributed by atoms with Crippen LogP contribution in [0.5, 0.6) is 11.5 Å². The van der Waals surface area contributed by atoms with Crippen molar-refractivity contribution in [2.45, 2.75) is 13.8 Å². The minimum Gasteiger partial charge on any atom is -0.494 e. The molecule has 0 aliphatic heterocycles. The SMILES string of the molecule is CCOc1cccc(C(=O)NC(=S)NNC(=O)COc2cccc(C)c2)c1. The molecule has 0 atom stereocenters. The summed E-state index contributed by atoms with van der Waals surface area (Å²) >= 11 is 5.00. The van der Waals surface area contributed by atoms with Crippen molar-refractivity contribution in [2.24, 2.45) is 0 Å². The number of nitrogens with one attached hydrogen (secondary N) is 3. The normalized spacial score (nSPS) is 9.85. The molecule has 0 saturated carbocycles. The van der Waals surface area contributed by atoms with Gasteiger partial charge in [-0.15, -0.1) is 0 Å². The van der Waals surface area contributed by atoms with E-state index in [0.717, 1.165) is 5.56 Å². The van der Waals surface area contributed by atoms with Gasteiger partial charge in [0.1, 0.15) is 11.5 Å². The van der Waals surface area contributed by atoms with Crippen molar-refractivity contribution in [3.05, 3.63) is 59.7 Å². The van der Waals surface area contributed by atoms with E-state index in [1.807, 2.05) is 32.0 Å². The van der Waals surface area contributed by atoms with Crippen molar-refractivity contribution in [1.82, 2.24) is 16.2 Å². The highest BCUT2D eigenvalue weighted by atomic mass is 32.1. The smallest absolute Gasteiger partial charge is 0.276 e. The largest absolute Gasteiger partial charge is 0.494 e. The van der Waals surface area contributed by atoms with E-state index < -0.39 is 11.8 Å². The van der Waals surface area contributed by atoms with E-state index in [-0.39, 0.29) is 11.7 Å². The lowest BCUT2D eigenvalue weighted by molar-refractivity contribution is -0.123. The number of hydrazine groups is 1. The van der Waals surface area contributed by atoms with Crippen LogP contribution >= 0.6 is 12.2 Å². The average molecular weight is 387 g/mol. The van der Waals surface area contributed by atoms with Crippen LogP contribution in [0.4, 0.5) is 0 Å². The Morgan fingerprint density at radius 1 is 1.00 bits per heavy atom. The molecule has 2 amide bonds. The van der Waals surface area contributed by atoms with Gasteiger partial charge in [0.25, 0.3) is 11.8 Å². The zero-order valence-corrected chi connectivity index (χ0v) is 15.9. The van der Waals surface area contributed by atoms with Crippen LogP contribution in [-0.2, 0) is 4.79 Å². The first-order chi connectivity index (χ1) is 13.0. The number of amides is 2. The number of hydrogen-bond acceptors (Lipinski definition) is 5. The number of ether oxygens (including phenoxy) is 2. The van der Waals surface area contributed by atoms with Gasteiger partial charge in [-0.1, -0.05) is 18.2 Å². The van der Waals surface area contributed by atoms with Crippen LogP contribution in [0, 0.1) is 6.92 Å². The molecule has 7 nitrogen and oxygen atoms in total. The topological polar surface area (TPSA) is 88.7 Å². The number of benzene rings is 2. The highest BCUT2D eigenvalue weighted by Gasteiger charge is 2.10. The molecule has 142 valence electrons. The maximum Gasteiger partial charge on any atom is 0.276 e. The monoisotopic (exact) mass is 387 g/mol. The van der Waals surface area contributed by atoms with Crippen LogP contribution in [-0.4, -0.2) is 30.1 Å². The summed E-state index contributed by atoms with van der Waals surface area (Å²) in [4.78, 5) is 24.0. The molecule has 0 unspecified atom stereocenters. The molecular formula is C19H21N3O4S. The van der Waals surface area contributed by atoms with Crippen LogP contribution in [0.2, 0.25) is 0 Å². The Labute approximate surface area is 163 Å². The molecule has 0 aliphatic carbocycles. The number of rotatable bonds is 6. The van der Waals surface area contributed by atoms with E-state index in [9.17, 15) is 9.59 Å². The number of carbonyl (C=O) groups excluding carboxylic acids is 2. The van der Waals surface area contributed by atoms with Gasteiger partial charge in [0, 0.05) is 5.56 Å². The van der Waals surface area contributed by atoms with Crippen LogP contribution in [0.1, 0.15) is 22.8 Å². The molecular weight excluding hydrogens is 366 g/mol. The third-order valence-electron chi connectivity index (χ3n) is 3.31. The van der Waals surface area contributed by atoms with Crippen molar-refractivity contribution >= 4 is 29.1 Å². The number of carbonyl (C=O) groups is 2. The van der Waals surface area contributed by atoms with Gasteiger partial charge in [0.2, 0.25) is 0 Å². The quantitative estimate of drug-likeness (QED) is 0.520. The van der Waals surface area contributed by atoms with Crippen molar-refractivity contribution in [2.75, 3.05) is 13.2 Å². The zero-order chi connectivity index (χ0) is 19.6. The molecule has 0 heterocycles. The van der Waals surface area contributed by atoms with Gasteiger partial charge in [-0.3, -0.25) is 25.8 Å². The van der Waals surface area contributed by atoms with Gasteiger partial charge in [-0.25, -0.2) is 0 Å². The van der Waals surface area contributed by atoms with Gasteiger partial charge in [0.15, 0.2) is 11.7 Å². The Morgan fingerprint density at radius 3 is 2.41 bits per heavy atom. The second-order valence-corrected chi connectivity index (χ2v) is 5.93. The maximum absolute atomic E-state index is 12.2. The highest BCUT2D eigenvalue weighted by molar-refractivity contribution is 7.80. The molecule has 2 aromatic rings. The summed E-state index contributed by atoms with van der Waals surface area (Å²) in [6.45, 7) is 4.10. The first kappa shape index (κ1) is 20.2. The molecule has 27 heavy (non-hydrogen) atoms. The minimum absolute atomic E-state index is 0.0364. The zero-order valence-electron chi connectivity index (χ0n) is 15.1. The predicted molar refractivity (Wildman–Crippen MR) is 106 cm³/mol. The van der Waals surface area contributed by atoms with Crippen LogP contribution in [0.15, 0.2) is 48.5 Å². The maximum atomic E-state index is 12.2. The first-order valence-electron chi connectivity index (χ1n) is 8.30. The third kappa shape index (κ3) is 6.95. The van der Waals surface area contributed by atoms with Crippen molar-refractivity contribution in [3.8, 4) is 11.5 Å². The highest BCUT2D eigenvalue weighted by Crippen LogP contribution is 2.13. The lowest BCUT2D eigenvalue weighted by Crippen LogP contribution is -2.49. The van der Waals surface area contributed by atoms with Gasteiger partial charge < -0.3 is 9.47 Å². The Bertz CT molecular complexity index is 826. The summed E-state index contributed by atoms with van der Waals surface area (Å²) in [7, 11) is 0. The minimum atomic E-state index is -0.438. The van der Waals surface area contributed by atoms with Gasteiger partial charge in [-0.2, -0.15) is 0 Å². The number of thiocarbonyl (C=S) groups is 1. The van der Waals surface area contributed by atoms with Crippen LogP contribution in [0.25, 0.3) is 0 Å². The van der Waals surface area contributed by atoms with Gasteiger partial charge in [0.05, 0.1) is 6.61 Å². The van der Waals surface area contributed by atoms with Gasteiger partial charge in [-0.05, 0) is 62.0 Å². The summed E-state index contributed by atoms with van der Waals surface area (Å²) < 4.78 is 10.7. The van der Waals surface area contributed by atoms with Crippen LogP contribution < -0.4 is 25.6 Å². The third-order valence-corrected chi connectivity index (χ3v) is 3.51. The lowest BCUT2D eigenvalue weighted by Gasteiger charge is -2.12. The molecule has 0 aliphatic rings. The van der Waals surface area contributed by atoms with Gasteiger partial charge >= 0.3 is 0 Å². The standard InChI is InChI=1S/C19H21N3O4S/c1-3-25-16-9-5-7-14(11-16)18(24)20-19(27)22-21-17(23)12-26-15-8-4-6-13(2)10-15/h4-11H,3,12H2,1-2H3,(H,21,23)(H2,20,22,24,27). The summed E-state index contributed by atoms with van der Waals surface area (Å²) in [5, 5.41) is 2.44. The average Bonchev–Trinajstić information content (AvgIpc) is 2.65. The fourth-order valence-electron chi connectivity index (χ4n) is 2.12. The molecule has 2 aromatic carbocycles. The lowest BCUT2D eigenvalue weighted by atomic mass is 10.2. The summed E-state index contributed by atoms with van der Waals surface area (Å²) in [6, 6.07) is 14.1. The molecule has 0 radical (unpaired) electrons. The fourth-order valence-corrected chi connectivity index (χ4v) is 2.26. The summed E-state index contributed by atoms with van der Waals surface area (Å²) in [6.07, 6.45) is 0. The van der Waals surface area contributed by atoms with Crippen molar-refractivity contribution < 1.29 is 19.1 Å². The number of hydrogen-bond donors (Lipinski definition) is 3. The van der Waals surface area contributed by atoms with E-state index in [0.29, 0.717) is 23.7 Å². The van der Waals surface area contributed by atoms with Crippen molar-refractivity contribution in [1.29, 1.82) is 0 Å². The molecule has 3 N–H and O–H groups in total. The molecule has 0 fully saturated rings.